The fourth-order valence-electron chi connectivity index (χ4n) is 9.90. The van der Waals surface area contributed by atoms with Crippen LogP contribution in [0.25, 0.3) is 88.7 Å². The average Bonchev–Trinajstić information content (AvgIpc) is 4.06. The number of hydrogen-bond donors (Lipinski definition) is 0. The Morgan fingerprint density at radius 1 is 0.559 bits per heavy atom. The quantitative estimate of drug-likeness (QED) is 0.143. The first-order chi connectivity index (χ1) is 33.4. The minimum Gasteiger partial charge on any atom is -0.656 e. The molecular formula is C62H49N5Pt. The third-order valence-electron chi connectivity index (χ3n) is 13.6. The molecule has 0 aliphatic heterocycles. The van der Waals surface area contributed by atoms with Gasteiger partial charge in [0.1, 0.15) is 11.6 Å². The van der Waals surface area contributed by atoms with E-state index in [0.717, 1.165) is 88.7 Å². The summed E-state index contributed by atoms with van der Waals surface area (Å²) in [5.74, 6) is 1.56. The van der Waals surface area contributed by atoms with Gasteiger partial charge in [-0.15, -0.1) is 34.8 Å². The Hall–Kier alpha value is -7.33. The maximum Gasteiger partial charge on any atom is 2.00 e. The van der Waals surface area contributed by atoms with Crippen LogP contribution in [-0.2, 0) is 38.3 Å². The molecule has 5 nitrogen and oxygen atoms in total. The molecular weight excluding hydrogens is 1010 g/mol. The number of para-hydroxylation sites is 3. The fraction of sp³-hybridized carbons (Fsp3) is 0.129. The van der Waals surface area contributed by atoms with E-state index in [1.54, 1.807) is 0 Å². The summed E-state index contributed by atoms with van der Waals surface area (Å²) in [5, 5.41) is 4.37. The van der Waals surface area contributed by atoms with Crippen LogP contribution in [0, 0.1) is 6.07 Å². The van der Waals surface area contributed by atoms with Crippen molar-refractivity contribution in [3.63, 3.8) is 0 Å². The topological polar surface area (TPSA) is 49.7 Å². The maximum absolute atomic E-state index is 9.36. The van der Waals surface area contributed by atoms with Gasteiger partial charge in [0.05, 0.1) is 11.0 Å². The fourth-order valence-corrected chi connectivity index (χ4v) is 9.90. The van der Waals surface area contributed by atoms with Gasteiger partial charge >= 0.3 is 21.1 Å². The Bertz CT molecular complexity index is 3950. The van der Waals surface area contributed by atoms with Gasteiger partial charge < -0.3 is 9.55 Å². The Morgan fingerprint density at radius 3 is 2.09 bits per heavy atom. The molecule has 0 saturated carbocycles. The summed E-state index contributed by atoms with van der Waals surface area (Å²) in [7, 11) is 0. The first kappa shape index (κ1) is 40.9. The summed E-state index contributed by atoms with van der Waals surface area (Å²) < 4.78 is 23.2. The van der Waals surface area contributed by atoms with Crippen LogP contribution in [0.2, 0.25) is 0 Å². The molecule has 0 spiro atoms. The Labute approximate surface area is 414 Å². The molecule has 0 unspecified atom stereocenters. The molecule has 0 N–H and O–H groups in total. The maximum atomic E-state index is 9.36. The van der Waals surface area contributed by atoms with Gasteiger partial charge in [-0.1, -0.05) is 185 Å². The third-order valence-corrected chi connectivity index (χ3v) is 13.6. The molecule has 6 heteroatoms. The van der Waals surface area contributed by atoms with Crippen LogP contribution in [0.3, 0.4) is 0 Å². The SMILES string of the molecule is [2H]C([2H])(c1ccccc1)c1cccc(-n2c(-c3cccc4c3[n-]c3ccccc34)nc3c(-c4[c-]c5c(cc4)c4ccc(C(C)(C)c6ccccc6)cc4n5-c4cc(C(C)(C)C)ccn4)cccc32)c1.[Pt+2]. The molecule has 12 rings (SSSR count). The average molecular weight is 1060 g/mol. The number of hydrogen-bond acceptors (Lipinski definition) is 2. The molecule has 332 valence electrons. The smallest absolute Gasteiger partial charge is 0.656 e. The van der Waals surface area contributed by atoms with E-state index in [1.165, 1.54) is 16.7 Å². The van der Waals surface area contributed by atoms with Crippen molar-refractivity contribution in [3.8, 4) is 34.0 Å². The van der Waals surface area contributed by atoms with Gasteiger partial charge in [-0.3, -0.25) is 4.57 Å². The number of rotatable bonds is 8. The largest absolute Gasteiger partial charge is 2.00 e. The van der Waals surface area contributed by atoms with Crippen LogP contribution >= 0.6 is 0 Å². The number of pyridine rings is 1. The third kappa shape index (κ3) is 7.28. The number of nitrogens with zero attached hydrogens (tertiary/aromatic N) is 5. The van der Waals surface area contributed by atoms with Crippen LogP contribution in [0.1, 0.15) is 65.2 Å². The zero-order valence-corrected chi connectivity index (χ0v) is 40.8. The van der Waals surface area contributed by atoms with Gasteiger partial charge in [0.25, 0.3) is 0 Å². The molecule has 12 aromatic rings. The van der Waals surface area contributed by atoms with Crippen molar-refractivity contribution in [3.05, 3.63) is 228 Å². The van der Waals surface area contributed by atoms with Gasteiger partial charge in [0, 0.05) is 31.1 Å². The predicted octanol–water partition coefficient (Wildman–Crippen LogP) is 15.1. The molecule has 0 atom stereocenters. The molecule has 0 amide bonds. The second kappa shape index (κ2) is 16.8. The van der Waals surface area contributed by atoms with Gasteiger partial charge in [-0.2, -0.15) is 0 Å². The summed E-state index contributed by atoms with van der Waals surface area (Å²) in [6.45, 7) is 11.3. The zero-order chi connectivity index (χ0) is 47.2. The Morgan fingerprint density at radius 2 is 1.26 bits per heavy atom. The molecule has 8 aromatic carbocycles. The van der Waals surface area contributed by atoms with Crippen molar-refractivity contribution in [1.29, 1.82) is 0 Å². The van der Waals surface area contributed by atoms with E-state index in [-0.39, 0.29) is 31.9 Å². The molecule has 68 heavy (non-hydrogen) atoms. The second-order valence-corrected chi connectivity index (χ2v) is 19.2. The van der Waals surface area contributed by atoms with Crippen LogP contribution in [0.4, 0.5) is 0 Å². The van der Waals surface area contributed by atoms with Crippen LogP contribution < -0.4 is 4.98 Å². The van der Waals surface area contributed by atoms with Gasteiger partial charge in [-0.05, 0) is 97.7 Å². The Kier molecular flexibility index (Phi) is 10.1. The van der Waals surface area contributed by atoms with Crippen molar-refractivity contribution in [1.82, 2.24) is 24.1 Å². The van der Waals surface area contributed by atoms with E-state index < -0.39 is 6.37 Å². The number of benzene rings is 8. The molecule has 0 aliphatic rings. The van der Waals surface area contributed by atoms with Gasteiger partial charge in [0.2, 0.25) is 0 Å². The van der Waals surface area contributed by atoms with Gasteiger partial charge in [-0.25, -0.2) is 9.97 Å². The van der Waals surface area contributed by atoms with Crippen molar-refractivity contribution >= 4 is 54.6 Å². The van der Waals surface area contributed by atoms with Crippen molar-refractivity contribution in [2.24, 2.45) is 0 Å². The summed E-state index contributed by atoms with van der Waals surface area (Å²) in [6, 6.07) is 68.3. The summed E-state index contributed by atoms with van der Waals surface area (Å²) in [5.41, 5.74) is 13.5. The zero-order valence-electron chi connectivity index (χ0n) is 40.5. The van der Waals surface area contributed by atoms with E-state index in [2.05, 4.69) is 177 Å². The molecule has 0 fully saturated rings. The summed E-state index contributed by atoms with van der Waals surface area (Å²) >= 11 is 0. The molecule has 4 aromatic heterocycles. The van der Waals surface area contributed by atoms with Crippen molar-refractivity contribution in [2.75, 3.05) is 0 Å². The minimum atomic E-state index is -1.74. The molecule has 4 heterocycles. The van der Waals surface area contributed by atoms with Crippen LogP contribution in [0.5, 0.6) is 0 Å². The van der Waals surface area contributed by atoms with Crippen LogP contribution in [0.15, 0.2) is 194 Å². The Balaban J connectivity index is 0.00000533. The van der Waals surface area contributed by atoms with Crippen molar-refractivity contribution < 1.29 is 23.8 Å². The molecule has 0 radical (unpaired) electrons. The first-order valence-corrected chi connectivity index (χ1v) is 23.0. The molecule has 0 bridgehead atoms. The van der Waals surface area contributed by atoms with E-state index in [0.29, 0.717) is 11.1 Å². The second-order valence-electron chi connectivity index (χ2n) is 19.2. The number of fused-ring (bicyclic) bond motifs is 7. The summed E-state index contributed by atoms with van der Waals surface area (Å²) in [6.07, 6.45) is 0.182. The van der Waals surface area contributed by atoms with E-state index >= 15 is 0 Å². The minimum absolute atomic E-state index is 0. The predicted molar refractivity (Wildman–Crippen MR) is 278 cm³/mol. The molecule has 0 aliphatic carbocycles. The van der Waals surface area contributed by atoms with E-state index in [9.17, 15) is 2.74 Å². The monoisotopic (exact) mass is 1060 g/mol. The normalized spacial score (nSPS) is 12.8. The molecule has 0 saturated heterocycles. The van der Waals surface area contributed by atoms with Gasteiger partial charge in [0.15, 0.2) is 0 Å². The van der Waals surface area contributed by atoms with E-state index in [4.69, 9.17) is 15.0 Å². The standard InChI is InChI=1S/C62H49N5.Pt/c1-61(2,3)44-33-34-63-57(39-44)67-55-37-42(29-31-49(55)50-32-30-45(38-56(50)67)62(4,5)43-20-10-7-11-21-43)47-24-16-28-54-59(47)65-60(52-26-15-25-51-48-23-12-13-27-53(48)64-58(51)52)66(54)46-22-14-19-41(36-46)35-40-17-8-6-9-18-40;/h6-34,36,38-39H,35H2,1-5H3;/q-2;+2/i35D2;. The summed E-state index contributed by atoms with van der Waals surface area (Å²) in [4.78, 5) is 15.9. The van der Waals surface area contributed by atoms with Crippen LogP contribution in [-0.4, -0.2) is 19.1 Å². The van der Waals surface area contributed by atoms with Crippen molar-refractivity contribution in [2.45, 2.75) is 51.8 Å². The van der Waals surface area contributed by atoms with E-state index in [1.807, 2.05) is 66.9 Å². The number of imidazole rings is 1. The first-order valence-electron chi connectivity index (χ1n) is 24.0. The number of aromatic nitrogens is 5.